The van der Waals surface area contributed by atoms with E-state index in [2.05, 4.69) is 36.6 Å². The Labute approximate surface area is 137 Å². The smallest absolute Gasteiger partial charge is 0.315 e. The number of aliphatic carboxylic acids is 1. The predicted molar refractivity (Wildman–Crippen MR) is 89.4 cm³/mol. The molecule has 1 unspecified atom stereocenters. The van der Waals surface area contributed by atoms with E-state index in [1.807, 2.05) is 13.0 Å². The Bertz CT molecular complexity index is 578. The van der Waals surface area contributed by atoms with Crippen LogP contribution in [0.5, 0.6) is 0 Å². The first-order chi connectivity index (χ1) is 10.9. The topological polar surface area (TPSA) is 78.4 Å². The molecule has 0 aromatic heterocycles. The van der Waals surface area contributed by atoms with Gasteiger partial charge >= 0.3 is 12.0 Å². The highest BCUT2D eigenvalue weighted by Crippen LogP contribution is 2.24. The number of carboxylic acid groups (broad SMARTS) is 1. The second-order valence-corrected chi connectivity index (χ2v) is 6.57. The number of hydrogen-bond donors (Lipinski definition) is 3. The van der Waals surface area contributed by atoms with E-state index >= 15 is 0 Å². The highest BCUT2D eigenvalue weighted by Gasteiger charge is 2.26. The maximum atomic E-state index is 12.1. The van der Waals surface area contributed by atoms with E-state index in [0.29, 0.717) is 12.8 Å². The van der Waals surface area contributed by atoms with Gasteiger partial charge in [-0.25, -0.2) is 4.79 Å². The Hall–Kier alpha value is -2.04. The molecule has 0 bridgehead atoms. The molecule has 0 spiro atoms. The van der Waals surface area contributed by atoms with Gasteiger partial charge in [-0.1, -0.05) is 18.2 Å². The van der Waals surface area contributed by atoms with Crippen LogP contribution in [0, 0.1) is 19.8 Å². The van der Waals surface area contributed by atoms with Crippen molar-refractivity contribution in [2.75, 3.05) is 0 Å². The van der Waals surface area contributed by atoms with Crippen LogP contribution in [0.25, 0.3) is 0 Å². The van der Waals surface area contributed by atoms with Crippen LogP contribution in [0.3, 0.4) is 0 Å². The number of urea groups is 1. The van der Waals surface area contributed by atoms with Crippen LogP contribution in [-0.4, -0.2) is 23.1 Å². The number of nitrogens with one attached hydrogen (secondary N) is 2. The fraction of sp³-hybridized carbons (Fsp3) is 0.556. The number of carbonyl (C=O) groups excluding carboxylic acids is 1. The van der Waals surface area contributed by atoms with Gasteiger partial charge in [0.15, 0.2) is 0 Å². The number of rotatable bonds is 4. The normalized spacial score (nSPS) is 22.2. The van der Waals surface area contributed by atoms with Crippen LogP contribution in [-0.2, 0) is 4.79 Å². The van der Waals surface area contributed by atoms with Crippen LogP contribution in [0.4, 0.5) is 4.79 Å². The van der Waals surface area contributed by atoms with E-state index in [-0.39, 0.29) is 24.0 Å². The lowest BCUT2D eigenvalue weighted by Crippen LogP contribution is -2.44. The fourth-order valence-corrected chi connectivity index (χ4v) is 3.03. The minimum absolute atomic E-state index is 0.0651. The lowest BCUT2D eigenvalue weighted by molar-refractivity contribution is -0.142. The van der Waals surface area contributed by atoms with E-state index in [1.54, 1.807) is 0 Å². The van der Waals surface area contributed by atoms with Crippen LogP contribution in [0.2, 0.25) is 0 Å². The maximum Gasteiger partial charge on any atom is 0.315 e. The number of carboxylic acids is 1. The summed E-state index contributed by atoms with van der Waals surface area (Å²) in [6.45, 7) is 6.09. The van der Waals surface area contributed by atoms with Gasteiger partial charge in [-0.3, -0.25) is 4.79 Å². The summed E-state index contributed by atoms with van der Waals surface area (Å²) in [5.74, 6) is -0.984. The Morgan fingerprint density at radius 2 is 1.78 bits per heavy atom. The monoisotopic (exact) mass is 318 g/mol. The first-order valence-electron chi connectivity index (χ1n) is 8.23. The summed E-state index contributed by atoms with van der Waals surface area (Å²) in [6.07, 6.45) is 2.71. The molecule has 1 fully saturated rings. The molecule has 0 radical (unpaired) electrons. The Morgan fingerprint density at radius 3 is 2.35 bits per heavy atom. The molecule has 2 amide bonds. The fourth-order valence-electron chi connectivity index (χ4n) is 3.03. The van der Waals surface area contributed by atoms with Gasteiger partial charge in [0.25, 0.3) is 0 Å². The number of amides is 2. The summed E-state index contributed by atoms with van der Waals surface area (Å²) in [5.41, 5.74) is 3.53. The lowest BCUT2D eigenvalue weighted by Gasteiger charge is -2.27. The zero-order chi connectivity index (χ0) is 17.0. The van der Waals surface area contributed by atoms with Crippen molar-refractivity contribution in [3.8, 4) is 0 Å². The quantitative estimate of drug-likeness (QED) is 0.797. The van der Waals surface area contributed by atoms with Crippen molar-refractivity contribution in [3.05, 3.63) is 34.9 Å². The zero-order valence-corrected chi connectivity index (χ0v) is 14.1. The third-order valence-corrected chi connectivity index (χ3v) is 4.79. The largest absolute Gasteiger partial charge is 0.481 e. The highest BCUT2D eigenvalue weighted by atomic mass is 16.4. The molecular formula is C18H26N2O3. The molecule has 1 aromatic rings. The Kier molecular flexibility index (Phi) is 5.64. The van der Waals surface area contributed by atoms with Gasteiger partial charge in [-0.2, -0.15) is 0 Å². The van der Waals surface area contributed by atoms with Crippen molar-refractivity contribution in [1.82, 2.24) is 10.6 Å². The summed E-state index contributed by atoms with van der Waals surface area (Å²) in [7, 11) is 0. The summed E-state index contributed by atoms with van der Waals surface area (Å²) >= 11 is 0. The number of benzene rings is 1. The van der Waals surface area contributed by atoms with Crippen molar-refractivity contribution in [3.63, 3.8) is 0 Å². The molecule has 5 nitrogen and oxygen atoms in total. The van der Waals surface area contributed by atoms with Gasteiger partial charge in [0, 0.05) is 6.04 Å². The molecule has 1 aliphatic rings. The van der Waals surface area contributed by atoms with Gasteiger partial charge in [0.2, 0.25) is 0 Å². The third-order valence-electron chi connectivity index (χ3n) is 4.79. The summed E-state index contributed by atoms with van der Waals surface area (Å²) < 4.78 is 0. The van der Waals surface area contributed by atoms with Gasteiger partial charge in [-0.15, -0.1) is 0 Å². The minimum Gasteiger partial charge on any atom is -0.481 e. The molecule has 1 saturated carbocycles. The van der Waals surface area contributed by atoms with E-state index < -0.39 is 5.97 Å². The molecular weight excluding hydrogens is 292 g/mol. The van der Waals surface area contributed by atoms with Crippen molar-refractivity contribution in [1.29, 1.82) is 0 Å². The first-order valence-corrected chi connectivity index (χ1v) is 8.23. The Balaban J connectivity index is 1.82. The molecule has 1 aromatic carbocycles. The molecule has 0 heterocycles. The Morgan fingerprint density at radius 1 is 1.13 bits per heavy atom. The molecule has 3 N–H and O–H groups in total. The van der Waals surface area contributed by atoms with Gasteiger partial charge < -0.3 is 15.7 Å². The first kappa shape index (κ1) is 17.3. The lowest BCUT2D eigenvalue weighted by atomic mass is 9.86. The van der Waals surface area contributed by atoms with Crippen LogP contribution in [0.1, 0.15) is 55.3 Å². The van der Waals surface area contributed by atoms with Crippen molar-refractivity contribution >= 4 is 12.0 Å². The van der Waals surface area contributed by atoms with Crippen molar-refractivity contribution in [2.24, 2.45) is 5.92 Å². The molecule has 2 rings (SSSR count). The third kappa shape index (κ3) is 4.71. The summed E-state index contributed by atoms with van der Waals surface area (Å²) in [6, 6.07) is 6.01. The van der Waals surface area contributed by atoms with Gasteiger partial charge in [0.1, 0.15) is 0 Å². The standard InChI is InChI=1S/C18H26N2O3/c1-11-4-5-15(10-12(11)2)13(3)19-18(23)20-16-8-6-14(7-9-16)17(21)22/h4-5,10,13-14,16H,6-9H2,1-3H3,(H,21,22)(H2,19,20,23). The molecule has 0 aliphatic heterocycles. The van der Waals surface area contributed by atoms with E-state index in [9.17, 15) is 9.59 Å². The van der Waals surface area contributed by atoms with Crippen LogP contribution >= 0.6 is 0 Å². The predicted octanol–water partition coefficient (Wildman–Crippen LogP) is 3.31. The number of hydrogen-bond acceptors (Lipinski definition) is 2. The van der Waals surface area contributed by atoms with Crippen LogP contribution < -0.4 is 10.6 Å². The molecule has 23 heavy (non-hydrogen) atoms. The van der Waals surface area contributed by atoms with E-state index in [0.717, 1.165) is 18.4 Å². The molecule has 1 aliphatic carbocycles. The average Bonchev–Trinajstić information content (AvgIpc) is 2.50. The summed E-state index contributed by atoms with van der Waals surface area (Å²) in [5, 5.41) is 14.9. The van der Waals surface area contributed by atoms with Gasteiger partial charge in [-0.05, 0) is 63.1 Å². The van der Waals surface area contributed by atoms with E-state index in [1.165, 1.54) is 11.1 Å². The van der Waals surface area contributed by atoms with Gasteiger partial charge in [0.05, 0.1) is 12.0 Å². The summed E-state index contributed by atoms with van der Waals surface area (Å²) in [4.78, 5) is 23.1. The highest BCUT2D eigenvalue weighted by molar-refractivity contribution is 5.75. The molecule has 1 atom stereocenters. The number of carbonyl (C=O) groups is 2. The van der Waals surface area contributed by atoms with Crippen molar-refractivity contribution in [2.45, 2.75) is 58.5 Å². The minimum atomic E-state index is -0.726. The van der Waals surface area contributed by atoms with Crippen LogP contribution in [0.15, 0.2) is 18.2 Å². The molecule has 0 saturated heterocycles. The maximum absolute atomic E-state index is 12.1. The number of aryl methyl sites for hydroxylation is 2. The second-order valence-electron chi connectivity index (χ2n) is 6.57. The molecule has 126 valence electrons. The SMILES string of the molecule is Cc1ccc(C(C)NC(=O)NC2CCC(C(=O)O)CC2)cc1C. The average molecular weight is 318 g/mol. The van der Waals surface area contributed by atoms with E-state index in [4.69, 9.17) is 5.11 Å². The second kappa shape index (κ2) is 7.49. The van der Waals surface area contributed by atoms with Crippen molar-refractivity contribution < 1.29 is 14.7 Å². The molecule has 5 heteroatoms. The zero-order valence-electron chi connectivity index (χ0n) is 14.1.